The minimum Gasteiger partial charge on any atom is -0.412 e. The molecule has 0 heterocycles. The molecule has 92 valence electrons. The van der Waals surface area contributed by atoms with Crippen molar-refractivity contribution in [2.45, 2.75) is 31.5 Å². The van der Waals surface area contributed by atoms with Crippen LogP contribution >= 0.6 is 0 Å². The lowest BCUT2D eigenvalue weighted by atomic mass is 10.2. The smallest absolute Gasteiger partial charge is 0.294 e. The second kappa shape index (κ2) is 4.66. The van der Waals surface area contributed by atoms with Crippen LogP contribution in [-0.4, -0.2) is 26.5 Å². The maximum atomic E-state index is 11.2. The van der Waals surface area contributed by atoms with Crippen LogP contribution < -0.4 is 5.19 Å². The van der Waals surface area contributed by atoms with Gasteiger partial charge in [0, 0.05) is 0 Å². The van der Waals surface area contributed by atoms with Crippen molar-refractivity contribution in [2.75, 3.05) is 0 Å². The number of rotatable bonds is 2. The first kappa shape index (κ1) is 15.3. The summed E-state index contributed by atoms with van der Waals surface area (Å²) in [6.07, 6.45) is 0. The summed E-state index contributed by atoms with van der Waals surface area (Å²) in [6.45, 7) is 8.07. The lowest BCUT2D eigenvalue weighted by Gasteiger charge is -2.20. The fourth-order valence-electron chi connectivity index (χ4n) is 1.45. The van der Waals surface area contributed by atoms with Gasteiger partial charge in [-0.3, -0.25) is 4.55 Å². The first-order valence-corrected chi connectivity index (χ1v) is 9.65. The maximum Gasteiger partial charge on any atom is 0.294 e. The molecule has 0 fully saturated rings. The Kier molecular flexibility index (Phi) is 4.46. The Morgan fingerprint density at radius 3 is 2.06 bits per heavy atom. The van der Waals surface area contributed by atoms with Crippen LogP contribution in [0.3, 0.4) is 0 Å². The van der Waals surface area contributed by atoms with Crippen molar-refractivity contribution in [3.8, 4) is 0 Å². The van der Waals surface area contributed by atoms with Crippen LogP contribution in [0.25, 0.3) is 0 Å². The minimum absolute atomic E-state index is 0. The molecule has 1 rings (SSSR count). The highest BCUT2D eigenvalue weighted by Gasteiger charge is 2.25. The van der Waals surface area contributed by atoms with Crippen LogP contribution in [0.1, 0.15) is 5.56 Å². The Hall–Kier alpha value is -0.693. The molecule has 0 aliphatic rings. The van der Waals surface area contributed by atoms with Crippen molar-refractivity contribution in [2.24, 2.45) is 0 Å². The van der Waals surface area contributed by atoms with E-state index in [0.29, 0.717) is 0 Å². The summed E-state index contributed by atoms with van der Waals surface area (Å²) in [7, 11) is -5.86. The zero-order chi connectivity index (χ0) is 11.9. The van der Waals surface area contributed by atoms with Crippen molar-refractivity contribution < 1.29 is 18.4 Å². The predicted molar refractivity (Wildman–Crippen MR) is 67.6 cm³/mol. The van der Waals surface area contributed by atoms with Crippen molar-refractivity contribution in [1.29, 1.82) is 0 Å². The van der Waals surface area contributed by atoms with Crippen molar-refractivity contribution >= 4 is 23.4 Å². The molecule has 0 aliphatic carbocycles. The van der Waals surface area contributed by atoms with E-state index in [-0.39, 0.29) is 10.4 Å². The van der Waals surface area contributed by atoms with Crippen LogP contribution in [0.4, 0.5) is 0 Å². The normalized spacial score (nSPS) is 12.1. The molecule has 16 heavy (non-hydrogen) atoms. The highest BCUT2D eigenvalue weighted by Crippen LogP contribution is 2.13. The Labute approximate surface area is 97.4 Å². The van der Waals surface area contributed by atoms with Gasteiger partial charge in [0.25, 0.3) is 10.1 Å². The van der Waals surface area contributed by atoms with Crippen molar-refractivity contribution in [3.05, 3.63) is 23.8 Å². The monoisotopic (exact) mass is 262 g/mol. The van der Waals surface area contributed by atoms with Gasteiger partial charge in [-0.15, -0.1) is 0 Å². The number of benzene rings is 1. The zero-order valence-electron chi connectivity index (χ0n) is 9.90. The largest absolute Gasteiger partial charge is 0.412 e. The molecule has 0 amide bonds. The van der Waals surface area contributed by atoms with E-state index in [4.69, 9.17) is 4.55 Å². The minimum atomic E-state index is -4.10. The molecule has 4 nitrogen and oxygen atoms in total. The fraction of sp³-hybridized carbons (Fsp3) is 0.400. The second-order valence-corrected chi connectivity index (χ2v) is 11.2. The molecule has 0 bridgehead atoms. The van der Waals surface area contributed by atoms with E-state index < -0.39 is 18.2 Å². The van der Waals surface area contributed by atoms with Crippen LogP contribution in [0, 0.1) is 6.92 Å². The summed E-state index contributed by atoms with van der Waals surface area (Å²) in [5, 5.41) is 0.782. The van der Waals surface area contributed by atoms with Crippen LogP contribution in [-0.2, 0) is 10.1 Å². The molecular weight excluding hydrogens is 244 g/mol. The summed E-state index contributed by atoms with van der Waals surface area (Å²) < 4.78 is 31.5. The van der Waals surface area contributed by atoms with E-state index in [1.165, 1.54) is 6.07 Å². The van der Waals surface area contributed by atoms with Gasteiger partial charge >= 0.3 is 0 Å². The molecule has 0 aliphatic heterocycles. The first-order valence-electron chi connectivity index (χ1n) is 4.71. The highest BCUT2D eigenvalue weighted by atomic mass is 32.2. The van der Waals surface area contributed by atoms with E-state index in [9.17, 15) is 8.42 Å². The topological polar surface area (TPSA) is 85.9 Å². The molecule has 0 saturated heterocycles. The molecular formula is C10H18O4SSi. The van der Waals surface area contributed by atoms with Gasteiger partial charge in [0.15, 0.2) is 0 Å². The van der Waals surface area contributed by atoms with E-state index in [2.05, 4.69) is 19.6 Å². The highest BCUT2D eigenvalue weighted by molar-refractivity contribution is 7.86. The summed E-state index contributed by atoms with van der Waals surface area (Å²) in [6, 6.07) is 5.04. The van der Waals surface area contributed by atoms with Crippen LogP contribution in [0.2, 0.25) is 19.6 Å². The van der Waals surface area contributed by atoms with Gasteiger partial charge in [-0.2, -0.15) is 8.42 Å². The summed E-state index contributed by atoms with van der Waals surface area (Å²) in [5.74, 6) is 0. The third-order valence-corrected chi connectivity index (χ3v) is 5.34. The van der Waals surface area contributed by atoms with E-state index in [1.807, 2.05) is 13.0 Å². The molecule has 1 aromatic carbocycles. The molecule has 6 heteroatoms. The number of hydrogen-bond donors (Lipinski definition) is 1. The van der Waals surface area contributed by atoms with Gasteiger partial charge < -0.3 is 5.48 Å². The average molecular weight is 262 g/mol. The van der Waals surface area contributed by atoms with Crippen molar-refractivity contribution in [3.63, 3.8) is 0 Å². The van der Waals surface area contributed by atoms with Gasteiger partial charge in [-0.1, -0.05) is 37.3 Å². The Balaban J connectivity index is 0.00000225. The van der Waals surface area contributed by atoms with Gasteiger partial charge in [0.1, 0.15) is 0 Å². The van der Waals surface area contributed by atoms with E-state index >= 15 is 0 Å². The quantitative estimate of drug-likeness (QED) is 0.636. The third kappa shape index (κ3) is 3.41. The second-order valence-electron chi connectivity index (χ2n) is 4.72. The van der Waals surface area contributed by atoms with E-state index in [1.54, 1.807) is 6.07 Å². The zero-order valence-corrected chi connectivity index (χ0v) is 11.7. The number of aryl methyl sites for hydroxylation is 1. The third-order valence-electron chi connectivity index (χ3n) is 2.22. The fourth-order valence-corrected chi connectivity index (χ4v) is 4.82. The van der Waals surface area contributed by atoms with Gasteiger partial charge in [-0.25, -0.2) is 0 Å². The van der Waals surface area contributed by atoms with Gasteiger partial charge in [0.2, 0.25) is 0 Å². The van der Waals surface area contributed by atoms with Gasteiger partial charge in [0.05, 0.1) is 13.0 Å². The van der Waals surface area contributed by atoms with E-state index in [0.717, 1.165) is 10.8 Å². The molecule has 1 aromatic rings. The van der Waals surface area contributed by atoms with Crippen molar-refractivity contribution in [1.82, 2.24) is 0 Å². The van der Waals surface area contributed by atoms with Crippen LogP contribution in [0.5, 0.6) is 0 Å². The summed E-state index contributed by atoms with van der Waals surface area (Å²) in [4.78, 5) is 0.0623. The SMILES string of the molecule is Cc1ccc(S(=O)(=O)O)c([Si](C)(C)C)c1.O. The molecule has 0 unspecified atom stereocenters. The standard InChI is InChI=1S/C10H16O3SSi.H2O/c1-8-5-6-9(14(11,12)13)10(7-8)15(2,3)4;/h5-7H,1-4H3,(H,11,12,13);1H2. The molecule has 0 radical (unpaired) electrons. The summed E-state index contributed by atoms with van der Waals surface area (Å²) in [5.41, 5.74) is 1.01. The molecule has 0 spiro atoms. The molecule has 0 aromatic heterocycles. The molecule has 0 atom stereocenters. The average Bonchev–Trinajstić information content (AvgIpc) is 2.00. The summed E-state index contributed by atoms with van der Waals surface area (Å²) >= 11 is 0. The molecule has 0 saturated carbocycles. The number of hydrogen-bond acceptors (Lipinski definition) is 2. The lowest BCUT2D eigenvalue weighted by Crippen LogP contribution is -2.41. The lowest BCUT2D eigenvalue weighted by molar-refractivity contribution is 0.484. The first-order chi connectivity index (χ1) is 6.62. The Morgan fingerprint density at radius 2 is 1.69 bits per heavy atom. The Bertz CT molecular complexity index is 474. The predicted octanol–water partition coefficient (Wildman–Crippen LogP) is 0.962. The van der Waals surface area contributed by atoms with Gasteiger partial charge in [-0.05, 0) is 18.2 Å². The molecule has 3 N–H and O–H groups in total. The van der Waals surface area contributed by atoms with Crippen LogP contribution in [0.15, 0.2) is 23.1 Å². The maximum absolute atomic E-state index is 11.2. The Morgan fingerprint density at radius 1 is 1.19 bits per heavy atom.